The molecule has 0 aliphatic carbocycles. The molecule has 0 bridgehead atoms. The summed E-state index contributed by atoms with van der Waals surface area (Å²) < 4.78 is 12.0. The highest BCUT2D eigenvalue weighted by atomic mass is 32.1. The van der Waals surface area contributed by atoms with E-state index in [1.54, 1.807) is 14.2 Å². The third-order valence-electron chi connectivity index (χ3n) is 3.58. The van der Waals surface area contributed by atoms with Crippen molar-refractivity contribution in [1.82, 2.24) is 0 Å². The predicted molar refractivity (Wildman–Crippen MR) is 88.8 cm³/mol. The topological polar surface area (TPSA) is 18.5 Å². The molecular weight excluding hydrogens is 280 g/mol. The van der Waals surface area contributed by atoms with Crippen LogP contribution in [0.25, 0.3) is 10.1 Å². The Morgan fingerprint density at radius 1 is 0.857 bits per heavy atom. The Labute approximate surface area is 128 Å². The molecule has 21 heavy (non-hydrogen) atoms. The summed E-state index contributed by atoms with van der Waals surface area (Å²) in [6.07, 6.45) is 2.13. The lowest BCUT2D eigenvalue weighted by Crippen LogP contribution is -1.89. The molecule has 3 rings (SSSR count). The van der Waals surface area contributed by atoms with Crippen LogP contribution in [0.2, 0.25) is 0 Å². The van der Waals surface area contributed by atoms with Crippen LogP contribution in [0.1, 0.15) is 10.4 Å². The highest BCUT2D eigenvalue weighted by Gasteiger charge is 2.09. The summed E-state index contributed by atoms with van der Waals surface area (Å²) in [4.78, 5) is 1.39. The molecule has 108 valence electrons. The average molecular weight is 298 g/mol. The van der Waals surface area contributed by atoms with Gasteiger partial charge >= 0.3 is 0 Å². The average Bonchev–Trinajstić information content (AvgIpc) is 2.94. The quantitative estimate of drug-likeness (QED) is 0.679. The van der Waals surface area contributed by atoms with E-state index < -0.39 is 0 Å². The monoisotopic (exact) mass is 298 g/mol. The van der Waals surface area contributed by atoms with Crippen molar-refractivity contribution in [3.63, 3.8) is 0 Å². The molecule has 0 aliphatic rings. The maximum Gasteiger partial charge on any atom is 0.162 e. The highest BCUT2D eigenvalue weighted by molar-refractivity contribution is 7.19. The molecule has 1 heterocycles. The van der Waals surface area contributed by atoms with Gasteiger partial charge in [0.2, 0.25) is 0 Å². The minimum Gasteiger partial charge on any atom is -0.493 e. The molecule has 0 spiro atoms. The lowest BCUT2D eigenvalue weighted by atomic mass is 10.1. The molecule has 0 unspecified atom stereocenters. The normalized spacial score (nSPS) is 10.8. The number of hydrogen-bond donors (Lipinski definition) is 0. The Morgan fingerprint density at radius 3 is 2.29 bits per heavy atom. The van der Waals surface area contributed by atoms with Crippen LogP contribution in [0.5, 0.6) is 11.5 Å². The van der Waals surface area contributed by atoms with Crippen molar-refractivity contribution in [3.05, 3.63) is 59.0 Å². The third-order valence-corrected chi connectivity index (χ3v) is 4.73. The first kappa shape index (κ1) is 14.0. The van der Waals surface area contributed by atoms with Crippen LogP contribution in [-0.4, -0.2) is 14.2 Å². The molecule has 2 nitrogen and oxygen atoms in total. The first-order valence-corrected chi connectivity index (χ1v) is 7.80. The molecule has 3 aromatic rings. The van der Waals surface area contributed by atoms with Gasteiger partial charge in [-0.05, 0) is 35.9 Å². The second-order valence-corrected chi connectivity index (χ2v) is 6.11. The molecule has 0 saturated carbocycles. The van der Waals surface area contributed by atoms with Crippen LogP contribution in [0.15, 0.2) is 48.5 Å². The number of thiophene rings is 1. The lowest BCUT2D eigenvalue weighted by Gasteiger charge is -2.06. The fourth-order valence-electron chi connectivity index (χ4n) is 2.46. The Hall–Kier alpha value is -2.00. The van der Waals surface area contributed by atoms with E-state index in [1.807, 2.05) is 11.3 Å². The van der Waals surface area contributed by atoms with Gasteiger partial charge in [0, 0.05) is 15.6 Å². The van der Waals surface area contributed by atoms with E-state index in [4.69, 9.17) is 9.47 Å². The zero-order valence-corrected chi connectivity index (χ0v) is 13.1. The molecular formula is C18H18O2S. The van der Waals surface area contributed by atoms with Crippen LogP contribution in [0, 0.1) is 0 Å². The molecule has 2 aromatic carbocycles. The molecule has 0 amide bonds. The van der Waals surface area contributed by atoms with Gasteiger partial charge in [-0.25, -0.2) is 0 Å². The Morgan fingerprint density at radius 2 is 1.57 bits per heavy atom. The molecule has 0 radical (unpaired) electrons. The van der Waals surface area contributed by atoms with E-state index in [0.717, 1.165) is 24.3 Å². The summed E-state index contributed by atoms with van der Waals surface area (Å²) in [7, 11) is 3.35. The first-order valence-electron chi connectivity index (χ1n) is 6.98. The minimum atomic E-state index is 0.789. The number of rotatable bonds is 5. The second-order valence-electron chi connectivity index (χ2n) is 4.94. The van der Waals surface area contributed by atoms with Crippen molar-refractivity contribution >= 4 is 21.4 Å². The van der Waals surface area contributed by atoms with Crippen molar-refractivity contribution in [2.45, 2.75) is 12.8 Å². The van der Waals surface area contributed by atoms with Gasteiger partial charge in [-0.1, -0.05) is 30.3 Å². The summed E-state index contributed by atoms with van der Waals surface area (Å²) in [6.45, 7) is 0. The standard InChI is InChI=1S/C18H18O2S/c1-19-16-11-14-10-15(21-18(14)12-17(16)20-2)9-8-13-6-4-3-5-7-13/h3-7,10-12H,8-9H2,1-2H3. The van der Waals surface area contributed by atoms with E-state index in [0.29, 0.717) is 0 Å². The third kappa shape index (κ3) is 3.03. The number of methoxy groups -OCH3 is 2. The fourth-order valence-corrected chi connectivity index (χ4v) is 3.53. The van der Waals surface area contributed by atoms with Gasteiger partial charge in [0.1, 0.15) is 0 Å². The summed E-state index contributed by atoms with van der Waals surface area (Å²) in [6, 6.07) is 17.0. The Kier molecular flexibility index (Phi) is 4.11. The SMILES string of the molecule is COc1cc2cc(CCc3ccccc3)sc2cc1OC. The molecule has 3 heteroatoms. The van der Waals surface area contributed by atoms with Gasteiger partial charge in [0.05, 0.1) is 14.2 Å². The zero-order chi connectivity index (χ0) is 14.7. The number of benzene rings is 2. The maximum absolute atomic E-state index is 5.36. The summed E-state index contributed by atoms with van der Waals surface area (Å²) in [5.74, 6) is 1.58. The van der Waals surface area contributed by atoms with Crippen molar-refractivity contribution in [2.75, 3.05) is 14.2 Å². The van der Waals surface area contributed by atoms with Gasteiger partial charge in [-0.3, -0.25) is 0 Å². The second kappa shape index (κ2) is 6.19. The molecule has 0 N–H and O–H groups in total. The van der Waals surface area contributed by atoms with Gasteiger partial charge in [0.25, 0.3) is 0 Å². The van der Waals surface area contributed by atoms with Crippen LogP contribution in [-0.2, 0) is 12.8 Å². The van der Waals surface area contributed by atoms with E-state index in [2.05, 4.69) is 48.5 Å². The number of aryl methyl sites for hydroxylation is 2. The van der Waals surface area contributed by atoms with E-state index in [1.165, 1.54) is 20.5 Å². The fraction of sp³-hybridized carbons (Fsp3) is 0.222. The molecule has 0 atom stereocenters. The van der Waals surface area contributed by atoms with Crippen LogP contribution < -0.4 is 9.47 Å². The number of ether oxygens (including phenoxy) is 2. The Balaban J connectivity index is 1.84. The number of fused-ring (bicyclic) bond motifs is 1. The maximum atomic E-state index is 5.36. The first-order chi connectivity index (χ1) is 10.3. The van der Waals surface area contributed by atoms with Crippen LogP contribution >= 0.6 is 11.3 Å². The Bertz CT molecular complexity index is 691. The van der Waals surface area contributed by atoms with Crippen molar-refractivity contribution in [3.8, 4) is 11.5 Å². The zero-order valence-electron chi connectivity index (χ0n) is 12.3. The van der Waals surface area contributed by atoms with Crippen LogP contribution in [0.4, 0.5) is 0 Å². The van der Waals surface area contributed by atoms with Crippen molar-refractivity contribution in [2.24, 2.45) is 0 Å². The molecule has 1 aromatic heterocycles. The van der Waals surface area contributed by atoms with Crippen molar-refractivity contribution < 1.29 is 9.47 Å². The minimum absolute atomic E-state index is 0.789. The highest BCUT2D eigenvalue weighted by Crippen LogP contribution is 2.36. The molecule has 0 saturated heterocycles. The van der Waals surface area contributed by atoms with E-state index in [-0.39, 0.29) is 0 Å². The van der Waals surface area contributed by atoms with Crippen LogP contribution in [0.3, 0.4) is 0 Å². The largest absolute Gasteiger partial charge is 0.493 e. The van der Waals surface area contributed by atoms with Gasteiger partial charge in [0.15, 0.2) is 11.5 Å². The summed E-state index contributed by atoms with van der Waals surface area (Å²) in [5.41, 5.74) is 1.38. The lowest BCUT2D eigenvalue weighted by molar-refractivity contribution is 0.356. The summed E-state index contributed by atoms with van der Waals surface area (Å²) in [5, 5.41) is 1.22. The van der Waals surface area contributed by atoms with E-state index >= 15 is 0 Å². The van der Waals surface area contributed by atoms with Gasteiger partial charge in [-0.2, -0.15) is 0 Å². The number of hydrogen-bond acceptors (Lipinski definition) is 3. The predicted octanol–water partition coefficient (Wildman–Crippen LogP) is 4.70. The smallest absolute Gasteiger partial charge is 0.162 e. The van der Waals surface area contributed by atoms with Gasteiger partial charge < -0.3 is 9.47 Å². The van der Waals surface area contributed by atoms with Crippen molar-refractivity contribution in [1.29, 1.82) is 0 Å². The molecule has 0 aliphatic heterocycles. The van der Waals surface area contributed by atoms with E-state index in [9.17, 15) is 0 Å². The van der Waals surface area contributed by atoms with Gasteiger partial charge in [-0.15, -0.1) is 11.3 Å². The molecule has 0 fully saturated rings. The summed E-state index contributed by atoms with van der Waals surface area (Å²) >= 11 is 1.83.